The molecule has 0 radical (unpaired) electrons. The van der Waals surface area contributed by atoms with E-state index in [0.717, 1.165) is 0 Å². The normalized spacial score (nSPS) is 15.8. The van der Waals surface area contributed by atoms with Crippen LogP contribution in [0.4, 0.5) is 0 Å². The molecule has 0 heterocycles. The topological polar surface area (TPSA) is 100 Å². The number of hydrogen-bond acceptors (Lipinski definition) is 6. The first-order chi connectivity index (χ1) is 11.2. The SMILES string of the molecule is CCCOC(=O)C(C#N)(C(C)C)C(C#N)(C(=O)OCCC)C(C)C. The number of hydrogen-bond donors (Lipinski definition) is 0. The molecule has 0 aromatic carbocycles. The first-order valence-corrected chi connectivity index (χ1v) is 8.39. The summed E-state index contributed by atoms with van der Waals surface area (Å²) in [6.07, 6.45) is 1.15. The van der Waals surface area contributed by atoms with Gasteiger partial charge in [0.2, 0.25) is 0 Å². The van der Waals surface area contributed by atoms with Crippen molar-refractivity contribution < 1.29 is 19.1 Å². The number of esters is 2. The largest absolute Gasteiger partial charge is 0.464 e. The smallest absolute Gasteiger partial charge is 0.329 e. The van der Waals surface area contributed by atoms with Crippen molar-refractivity contribution in [3.8, 4) is 12.1 Å². The van der Waals surface area contributed by atoms with Gasteiger partial charge in [0.1, 0.15) is 0 Å². The summed E-state index contributed by atoms with van der Waals surface area (Å²) in [4.78, 5) is 25.6. The van der Waals surface area contributed by atoms with Gasteiger partial charge >= 0.3 is 11.9 Å². The van der Waals surface area contributed by atoms with Crippen LogP contribution in [-0.4, -0.2) is 25.2 Å². The molecule has 0 N–H and O–H groups in total. The van der Waals surface area contributed by atoms with E-state index in [1.54, 1.807) is 27.7 Å². The Balaban J connectivity index is 6.42. The molecule has 0 saturated carbocycles. The van der Waals surface area contributed by atoms with E-state index in [1.165, 1.54) is 0 Å². The van der Waals surface area contributed by atoms with Gasteiger partial charge in [0.15, 0.2) is 10.8 Å². The predicted octanol–water partition coefficient (Wildman–Crippen LogP) is 3.22. The minimum Gasteiger partial charge on any atom is -0.464 e. The van der Waals surface area contributed by atoms with Gasteiger partial charge in [-0.3, -0.25) is 9.59 Å². The molecule has 6 heteroatoms. The minimum absolute atomic E-state index is 0.124. The van der Waals surface area contributed by atoms with E-state index in [-0.39, 0.29) is 13.2 Å². The van der Waals surface area contributed by atoms with E-state index in [1.807, 2.05) is 26.0 Å². The quantitative estimate of drug-likeness (QED) is 0.599. The van der Waals surface area contributed by atoms with Gasteiger partial charge in [-0.05, 0) is 24.7 Å². The fourth-order valence-electron chi connectivity index (χ4n) is 2.85. The monoisotopic (exact) mass is 336 g/mol. The lowest BCUT2D eigenvalue weighted by atomic mass is 9.54. The summed E-state index contributed by atoms with van der Waals surface area (Å²) < 4.78 is 10.4. The highest BCUT2D eigenvalue weighted by molar-refractivity contribution is 5.93. The van der Waals surface area contributed by atoms with E-state index < -0.39 is 34.6 Å². The summed E-state index contributed by atoms with van der Waals surface area (Å²) in [5.41, 5.74) is -3.87. The van der Waals surface area contributed by atoms with Crippen LogP contribution in [0, 0.1) is 45.3 Å². The van der Waals surface area contributed by atoms with Crippen LogP contribution in [0.1, 0.15) is 54.4 Å². The van der Waals surface area contributed by atoms with Crippen molar-refractivity contribution in [1.82, 2.24) is 0 Å². The van der Waals surface area contributed by atoms with Crippen molar-refractivity contribution in [2.75, 3.05) is 13.2 Å². The summed E-state index contributed by atoms with van der Waals surface area (Å²) >= 11 is 0. The van der Waals surface area contributed by atoms with Crippen LogP contribution >= 0.6 is 0 Å². The lowest BCUT2D eigenvalue weighted by Crippen LogP contribution is -2.58. The zero-order valence-electron chi connectivity index (χ0n) is 15.5. The van der Waals surface area contributed by atoms with Gasteiger partial charge in [0.25, 0.3) is 0 Å². The average Bonchev–Trinajstić information content (AvgIpc) is 2.54. The molecule has 2 atom stereocenters. The van der Waals surface area contributed by atoms with Crippen LogP contribution in [0.5, 0.6) is 0 Å². The standard InChI is InChI=1S/C18H28N2O4/c1-7-9-23-15(21)17(11-19,13(3)4)18(12-20,14(5)6)16(22)24-10-8-2/h13-14H,7-10H2,1-6H3. The maximum absolute atomic E-state index is 12.8. The molecule has 0 bridgehead atoms. The Hall–Kier alpha value is -2.08. The number of nitriles is 2. The third-order valence-electron chi connectivity index (χ3n) is 4.23. The lowest BCUT2D eigenvalue weighted by Gasteiger charge is -2.42. The third-order valence-corrected chi connectivity index (χ3v) is 4.23. The first kappa shape index (κ1) is 21.9. The average molecular weight is 336 g/mol. The molecular formula is C18H28N2O4. The Bertz CT molecular complexity index is 482. The van der Waals surface area contributed by atoms with Crippen molar-refractivity contribution in [3.63, 3.8) is 0 Å². The number of carbonyl (C=O) groups is 2. The summed E-state index contributed by atoms with van der Waals surface area (Å²) in [7, 11) is 0. The van der Waals surface area contributed by atoms with Crippen LogP contribution in [0.25, 0.3) is 0 Å². The molecule has 0 fully saturated rings. The molecule has 6 nitrogen and oxygen atoms in total. The Labute approximate surface area is 144 Å². The fourth-order valence-corrected chi connectivity index (χ4v) is 2.85. The molecule has 134 valence electrons. The highest BCUT2D eigenvalue weighted by atomic mass is 16.5. The zero-order valence-corrected chi connectivity index (χ0v) is 15.5. The Morgan fingerprint density at radius 1 is 0.833 bits per heavy atom. The first-order valence-electron chi connectivity index (χ1n) is 8.39. The summed E-state index contributed by atoms with van der Waals surface area (Å²) in [6, 6.07) is 3.91. The van der Waals surface area contributed by atoms with Crippen molar-refractivity contribution in [1.29, 1.82) is 10.5 Å². The van der Waals surface area contributed by atoms with Crippen LogP contribution in [0.15, 0.2) is 0 Å². The van der Waals surface area contributed by atoms with E-state index in [9.17, 15) is 20.1 Å². The van der Waals surface area contributed by atoms with Gasteiger partial charge in [0.05, 0.1) is 25.4 Å². The van der Waals surface area contributed by atoms with Gasteiger partial charge < -0.3 is 9.47 Å². The summed E-state index contributed by atoms with van der Waals surface area (Å²) in [5.74, 6) is -2.90. The summed E-state index contributed by atoms with van der Waals surface area (Å²) in [5, 5.41) is 19.8. The molecule has 0 spiro atoms. The molecule has 0 aliphatic rings. The fraction of sp³-hybridized carbons (Fsp3) is 0.778. The second-order valence-corrected chi connectivity index (χ2v) is 6.42. The molecule has 0 aromatic heterocycles. The van der Waals surface area contributed by atoms with E-state index >= 15 is 0 Å². The van der Waals surface area contributed by atoms with Crippen molar-refractivity contribution in [2.24, 2.45) is 22.7 Å². The molecule has 0 aromatic rings. The van der Waals surface area contributed by atoms with Gasteiger partial charge in [-0.2, -0.15) is 10.5 Å². The molecule has 0 saturated heterocycles. The molecule has 0 amide bonds. The van der Waals surface area contributed by atoms with E-state index in [0.29, 0.717) is 12.8 Å². The minimum atomic E-state index is -1.93. The van der Waals surface area contributed by atoms with Crippen LogP contribution in [-0.2, 0) is 19.1 Å². The van der Waals surface area contributed by atoms with Gasteiger partial charge in [-0.1, -0.05) is 41.5 Å². The molecule has 24 heavy (non-hydrogen) atoms. The van der Waals surface area contributed by atoms with Crippen LogP contribution in [0.3, 0.4) is 0 Å². The second kappa shape index (κ2) is 9.27. The molecule has 0 aliphatic heterocycles. The highest BCUT2D eigenvalue weighted by Crippen LogP contribution is 2.51. The molecule has 2 unspecified atom stereocenters. The van der Waals surface area contributed by atoms with Gasteiger partial charge in [0, 0.05) is 0 Å². The lowest BCUT2D eigenvalue weighted by molar-refractivity contribution is -0.178. The Morgan fingerprint density at radius 2 is 1.12 bits per heavy atom. The van der Waals surface area contributed by atoms with Crippen molar-refractivity contribution >= 4 is 11.9 Å². The van der Waals surface area contributed by atoms with Crippen molar-refractivity contribution in [2.45, 2.75) is 54.4 Å². The Kier molecular flexibility index (Phi) is 8.47. The maximum atomic E-state index is 12.8. The number of rotatable bonds is 9. The van der Waals surface area contributed by atoms with Gasteiger partial charge in [-0.15, -0.1) is 0 Å². The van der Waals surface area contributed by atoms with E-state index in [4.69, 9.17) is 9.47 Å². The van der Waals surface area contributed by atoms with Crippen LogP contribution in [0.2, 0.25) is 0 Å². The summed E-state index contributed by atoms with van der Waals surface area (Å²) in [6.45, 7) is 10.4. The predicted molar refractivity (Wildman–Crippen MR) is 88.3 cm³/mol. The number of carbonyl (C=O) groups excluding carboxylic acids is 2. The van der Waals surface area contributed by atoms with E-state index in [2.05, 4.69) is 0 Å². The third kappa shape index (κ3) is 3.53. The second-order valence-electron chi connectivity index (χ2n) is 6.42. The highest BCUT2D eigenvalue weighted by Gasteiger charge is 2.67. The van der Waals surface area contributed by atoms with Crippen molar-refractivity contribution in [3.05, 3.63) is 0 Å². The Morgan fingerprint density at radius 3 is 1.29 bits per heavy atom. The van der Waals surface area contributed by atoms with Gasteiger partial charge in [-0.25, -0.2) is 0 Å². The molecular weight excluding hydrogens is 308 g/mol. The number of ether oxygens (including phenoxy) is 2. The zero-order chi connectivity index (χ0) is 19.0. The maximum Gasteiger partial charge on any atom is 0.329 e. The van der Waals surface area contributed by atoms with Crippen LogP contribution < -0.4 is 0 Å². The number of nitrogens with zero attached hydrogens (tertiary/aromatic N) is 2. The molecule has 0 rings (SSSR count). The molecule has 0 aliphatic carbocycles.